The van der Waals surface area contributed by atoms with Gasteiger partial charge in [0, 0.05) is 21.0 Å². The summed E-state index contributed by atoms with van der Waals surface area (Å²) < 4.78 is 60.8. The molecule has 8 nitrogen and oxygen atoms in total. The number of methoxy groups -OCH3 is 1. The average molecular weight is 344 g/mol. The molecule has 1 fully saturated rings. The quantitative estimate of drug-likeness (QED) is 0.532. The number of carbonyl (C=O) groups is 3. The first-order valence-corrected chi connectivity index (χ1v) is 6.33. The van der Waals surface area contributed by atoms with Gasteiger partial charge in [0.2, 0.25) is 0 Å². The van der Waals surface area contributed by atoms with Crippen molar-refractivity contribution >= 4 is 17.9 Å². The summed E-state index contributed by atoms with van der Waals surface area (Å²) >= 11 is 0. The molecule has 23 heavy (non-hydrogen) atoms. The zero-order valence-electron chi connectivity index (χ0n) is 12.4. The molecule has 0 amide bonds. The molecule has 1 heterocycles. The van der Waals surface area contributed by atoms with Gasteiger partial charge in [-0.2, -0.15) is 13.2 Å². The van der Waals surface area contributed by atoms with Gasteiger partial charge in [-0.1, -0.05) is 0 Å². The number of carbonyl (C=O) groups excluding carboxylic acids is 3. The highest BCUT2D eigenvalue weighted by atomic mass is 19.4. The van der Waals surface area contributed by atoms with Crippen molar-refractivity contribution in [1.82, 2.24) is 0 Å². The molecule has 0 saturated carbocycles. The number of ether oxygens (including phenoxy) is 5. The highest BCUT2D eigenvalue weighted by Gasteiger charge is 2.50. The van der Waals surface area contributed by atoms with Crippen LogP contribution in [0.5, 0.6) is 0 Å². The standard InChI is InChI=1S/C12H15F3O8/c1-5(16)21-8-7(23-11(18)12(13,14)15)4-20-10(19-3)9(8)22-6(2)17/h7-10H,4H2,1-3H3/t7-,8+,9-,10-/m1/s1. The van der Waals surface area contributed by atoms with Crippen LogP contribution in [0.3, 0.4) is 0 Å². The van der Waals surface area contributed by atoms with Crippen molar-refractivity contribution in [2.75, 3.05) is 13.7 Å². The zero-order valence-corrected chi connectivity index (χ0v) is 12.4. The van der Waals surface area contributed by atoms with Crippen LogP contribution >= 0.6 is 0 Å². The fourth-order valence-corrected chi connectivity index (χ4v) is 1.90. The van der Waals surface area contributed by atoms with Gasteiger partial charge in [0.05, 0.1) is 6.61 Å². The Kier molecular flexibility index (Phi) is 6.33. The molecule has 1 aliphatic rings. The smallest absolute Gasteiger partial charge is 0.454 e. The summed E-state index contributed by atoms with van der Waals surface area (Å²) in [5, 5.41) is 0. The van der Waals surface area contributed by atoms with Crippen molar-refractivity contribution < 1.29 is 51.2 Å². The van der Waals surface area contributed by atoms with Gasteiger partial charge in [-0.3, -0.25) is 9.59 Å². The molecule has 0 radical (unpaired) electrons. The highest BCUT2D eigenvalue weighted by Crippen LogP contribution is 2.27. The molecule has 1 aliphatic heterocycles. The molecule has 0 spiro atoms. The molecule has 11 heteroatoms. The largest absolute Gasteiger partial charge is 0.490 e. The maximum atomic E-state index is 12.3. The topological polar surface area (TPSA) is 97.4 Å². The molecule has 0 aromatic rings. The molecular formula is C12H15F3O8. The van der Waals surface area contributed by atoms with Crippen molar-refractivity contribution in [3.05, 3.63) is 0 Å². The van der Waals surface area contributed by atoms with Crippen LogP contribution in [0.4, 0.5) is 13.2 Å². The maximum absolute atomic E-state index is 12.3. The number of halogens is 3. The predicted octanol–water partition coefficient (Wildman–Crippen LogP) is 0.327. The number of alkyl halides is 3. The van der Waals surface area contributed by atoms with E-state index >= 15 is 0 Å². The summed E-state index contributed by atoms with van der Waals surface area (Å²) in [4.78, 5) is 33.3. The van der Waals surface area contributed by atoms with Gasteiger partial charge in [-0.15, -0.1) is 0 Å². The van der Waals surface area contributed by atoms with E-state index in [0.29, 0.717) is 0 Å². The monoisotopic (exact) mass is 344 g/mol. The third-order valence-electron chi connectivity index (χ3n) is 2.71. The van der Waals surface area contributed by atoms with E-state index in [2.05, 4.69) is 4.74 Å². The molecule has 0 aromatic carbocycles. The molecule has 1 saturated heterocycles. The average Bonchev–Trinajstić information content (AvgIpc) is 2.40. The minimum Gasteiger partial charge on any atom is -0.454 e. The number of hydrogen-bond acceptors (Lipinski definition) is 8. The fourth-order valence-electron chi connectivity index (χ4n) is 1.90. The lowest BCUT2D eigenvalue weighted by molar-refractivity contribution is -0.280. The Balaban J connectivity index is 3.01. The first kappa shape index (κ1) is 19.2. The minimum atomic E-state index is -5.24. The third-order valence-corrected chi connectivity index (χ3v) is 2.71. The Morgan fingerprint density at radius 3 is 1.96 bits per heavy atom. The minimum absolute atomic E-state index is 0.546. The first-order valence-electron chi connectivity index (χ1n) is 6.33. The van der Waals surface area contributed by atoms with E-state index in [9.17, 15) is 27.6 Å². The molecule has 0 aliphatic carbocycles. The van der Waals surface area contributed by atoms with E-state index in [0.717, 1.165) is 13.8 Å². The lowest BCUT2D eigenvalue weighted by atomic mass is 10.0. The first-order chi connectivity index (χ1) is 10.6. The predicted molar refractivity (Wildman–Crippen MR) is 63.8 cm³/mol. The lowest BCUT2D eigenvalue weighted by Crippen LogP contribution is -2.58. The van der Waals surface area contributed by atoms with Crippen molar-refractivity contribution in [3.63, 3.8) is 0 Å². The van der Waals surface area contributed by atoms with Crippen molar-refractivity contribution in [2.24, 2.45) is 0 Å². The normalized spacial score (nSPS) is 27.9. The Hall–Kier alpha value is -1.88. The van der Waals surface area contributed by atoms with Crippen molar-refractivity contribution in [1.29, 1.82) is 0 Å². The lowest BCUT2D eigenvalue weighted by Gasteiger charge is -2.39. The maximum Gasteiger partial charge on any atom is 0.490 e. The van der Waals surface area contributed by atoms with E-state index in [1.807, 2.05) is 0 Å². The van der Waals surface area contributed by atoms with Gasteiger partial charge >= 0.3 is 24.1 Å². The summed E-state index contributed by atoms with van der Waals surface area (Å²) in [5.74, 6) is -4.18. The molecule has 4 atom stereocenters. The van der Waals surface area contributed by atoms with E-state index in [1.165, 1.54) is 7.11 Å². The molecule has 0 unspecified atom stereocenters. The van der Waals surface area contributed by atoms with Crippen LogP contribution in [0.25, 0.3) is 0 Å². The van der Waals surface area contributed by atoms with Crippen LogP contribution < -0.4 is 0 Å². The van der Waals surface area contributed by atoms with E-state index in [-0.39, 0.29) is 0 Å². The Labute approximate surface area is 128 Å². The Morgan fingerprint density at radius 1 is 1.00 bits per heavy atom. The zero-order chi connectivity index (χ0) is 17.8. The second kappa shape index (κ2) is 7.59. The number of esters is 3. The molecule has 0 bridgehead atoms. The van der Waals surface area contributed by atoms with Crippen LogP contribution in [0.1, 0.15) is 13.8 Å². The molecule has 1 rings (SSSR count). The Morgan fingerprint density at radius 2 is 1.52 bits per heavy atom. The summed E-state index contributed by atoms with van der Waals surface area (Å²) in [6.07, 6.45) is -11.0. The van der Waals surface area contributed by atoms with Gasteiger partial charge in [-0.05, 0) is 0 Å². The third kappa shape index (κ3) is 5.36. The van der Waals surface area contributed by atoms with Gasteiger partial charge in [0.25, 0.3) is 0 Å². The molecule has 0 aromatic heterocycles. The number of rotatable bonds is 4. The van der Waals surface area contributed by atoms with E-state index < -0.39 is 55.3 Å². The van der Waals surface area contributed by atoms with Gasteiger partial charge in [-0.25, -0.2) is 4.79 Å². The summed E-state index contributed by atoms with van der Waals surface area (Å²) in [5.41, 5.74) is 0. The van der Waals surface area contributed by atoms with Gasteiger partial charge in [0.1, 0.15) is 0 Å². The van der Waals surface area contributed by atoms with Crippen LogP contribution in [-0.4, -0.2) is 62.4 Å². The highest BCUT2D eigenvalue weighted by molar-refractivity contribution is 5.76. The summed E-state index contributed by atoms with van der Waals surface area (Å²) in [7, 11) is 1.19. The molecular weight excluding hydrogens is 329 g/mol. The van der Waals surface area contributed by atoms with E-state index in [4.69, 9.17) is 18.9 Å². The Bertz CT molecular complexity index is 464. The van der Waals surface area contributed by atoms with Crippen LogP contribution in [0, 0.1) is 0 Å². The fraction of sp³-hybridized carbons (Fsp3) is 0.750. The van der Waals surface area contributed by atoms with Crippen molar-refractivity contribution in [3.8, 4) is 0 Å². The second-order valence-electron chi connectivity index (χ2n) is 4.53. The van der Waals surface area contributed by atoms with E-state index in [1.54, 1.807) is 0 Å². The number of hydrogen-bond donors (Lipinski definition) is 0. The van der Waals surface area contributed by atoms with Gasteiger partial charge < -0.3 is 23.7 Å². The second-order valence-corrected chi connectivity index (χ2v) is 4.53. The van der Waals surface area contributed by atoms with Crippen molar-refractivity contribution in [2.45, 2.75) is 44.6 Å². The summed E-state index contributed by atoms with van der Waals surface area (Å²) in [6.45, 7) is 1.48. The van der Waals surface area contributed by atoms with Gasteiger partial charge in [0.15, 0.2) is 24.6 Å². The molecule has 0 N–H and O–H groups in total. The van der Waals surface area contributed by atoms with Crippen LogP contribution in [0.15, 0.2) is 0 Å². The SMILES string of the molecule is CO[C@@H]1OC[C@@H](OC(=O)C(F)(F)F)[C@H](OC(C)=O)[C@H]1OC(C)=O. The van der Waals surface area contributed by atoms with Crippen LogP contribution in [0.2, 0.25) is 0 Å². The van der Waals surface area contributed by atoms with Crippen LogP contribution in [-0.2, 0) is 38.1 Å². The summed E-state index contributed by atoms with van der Waals surface area (Å²) in [6, 6.07) is 0. The molecule has 132 valence electrons.